The predicted molar refractivity (Wildman–Crippen MR) is 72.6 cm³/mol. The van der Waals surface area contributed by atoms with Crippen LogP contribution in [-0.2, 0) is 5.75 Å². The third-order valence-electron chi connectivity index (χ3n) is 2.30. The van der Waals surface area contributed by atoms with Crippen LogP contribution in [0.2, 0.25) is 0 Å². The number of hydrogen-bond acceptors (Lipinski definition) is 5. The molecule has 0 saturated carbocycles. The summed E-state index contributed by atoms with van der Waals surface area (Å²) in [7, 11) is -1.78. The van der Waals surface area contributed by atoms with Gasteiger partial charge in [-0.25, -0.2) is 9.37 Å². The van der Waals surface area contributed by atoms with Crippen LogP contribution < -0.4 is 5.46 Å². The highest BCUT2D eigenvalue weighted by molar-refractivity contribution is 8.00. The first kappa shape index (κ1) is 13.5. The normalized spacial score (nSPS) is 10.7. The average Bonchev–Trinajstić information content (AvgIpc) is 2.74. The summed E-state index contributed by atoms with van der Waals surface area (Å²) in [5.74, 6) is 0.0105. The van der Waals surface area contributed by atoms with Crippen molar-refractivity contribution >= 4 is 35.7 Å². The lowest BCUT2D eigenvalue weighted by atomic mass is 9.79. The first-order chi connectivity index (χ1) is 8.56. The lowest BCUT2D eigenvalue weighted by Crippen LogP contribution is -2.32. The average molecular weight is 283 g/mol. The zero-order chi connectivity index (χ0) is 13.1. The molecule has 0 spiro atoms. The van der Waals surface area contributed by atoms with Crippen LogP contribution in [-0.4, -0.2) is 22.2 Å². The minimum absolute atomic E-state index is 0.0941. The van der Waals surface area contributed by atoms with Crippen molar-refractivity contribution in [1.82, 2.24) is 4.98 Å². The molecule has 0 bridgehead atoms. The van der Waals surface area contributed by atoms with Gasteiger partial charge in [-0.05, 0) is 18.6 Å². The van der Waals surface area contributed by atoms with Gasteiger partial charge >= 0.3 is 7.12 Å². The molecule has 2 aromatic rings. The number of aromatic nitrogens is 1. The Labute approximate surface area is 113 Å². The van der Waals surface area contributed by atoms with Crippen molar-refractivity contribution in [3.05, 3.63) is 40.7 Å². The summed E-state index contributed by atoms with van der Waals surface area (Å²) in [6.07, 6.45) is 0. The van der Waals surface area contributed by atoms with Gasteiger partial charge in [0.2, 0.25) is 0 Å². The van der Waals surface area contributed by atoms with E-state index in [1.807, 2.05) is 12.3 Å². The Balaban J connectivity index is 2.08. The fourth-order valence-electron chi connectivity index (χ4n) is 1.42. The molecule has 0 saturated heterocycles. The third-order valence-corrected chi connectivity index (χ3v) is 4.51. The van der Waals surface area contributed by atoms with Crippen LogP contribution in [0, 0.1) is 12.7 Å². The summed E-state index contributed by atoms with van der Waals surface area (Å²) in [5.41, 5.74) is 1.72. The zero-order valence-electron chi connectivity index (χ0n) is 9.63. The van der Waals surface area contributed by atoms with Gasteiger partial charge in [-0.3, -0.25) is 0 Å². The highest BCUT2D eigenvalue weighted by atomic mass is 32.2. The van der Waals surface area contributed by atoms with E-state index in [0.717, 1.165) is 15.6 Å². The summed E-state index contributed by atoms with van der Waals surface area (Å²) in [4.78, 5) is 4.31. The lowest BCUT2D eigenvalue weighted by Gasteiger charge is -2.05. The fraction of sp³-hybridized carbons (Fsp3) is 0.182. The summed E-state index contributed by atoms with van der Waals surface area (Å²) in [6, 6.07) is 4.35. The maximum atomic E-state index is 13.2. The molecule has 1 aromatic heterocycles. The summed E-state index contributed by atoms with van der Waals surface area (Å²) in [5, 5.41) is 20.0. The molecule has 0 unspecified atom stereocenters. The number of halogens is 1. The van der Waals surface area contributed by atoms with Gasteiger partial charge in [-0.15, -0.1) is 11.3 Å². The van der Waals surface area contributed by atoms with Crippen molar-refractivity contribution in [3.63, 3.8) is 0 Å². The van der Waals surface area contributed by atoms with E-state index in [1.165, 1.54) is 12.1 Å². The van der Waals surface area contributed by atoms with Crippen molar-refractivity contribution in [2.75, 3.05) is 0 Å². The molecular formula is C11H11BFNO2S2. The number of rotatable bonds is 4. The number of hydrogen-bond donors (Lipinski definition) is 2. The molecule has 18 heavy (non-hydrogen) atoms. The van der Waals surface area contributed by atoms with Crippen LogP contribution in [0.5, 0.6) is 0 Å². The molecule has 0 radical (unpaired) electrons. The van der Waals surface area contributed by atoms with E-state index in [0.29, 0.717) is 5.75 Å². The highest BCUT2D eigenvalue weighted by Crippen LogP contribution is 2.25. The van der Waals surface area contributed by atoms with Gasteiger partial charge in [-0.1, -0.05) is 23.9 Å². The Bertz CT molecular complexity index is 548. The van der Waals surface area contributed by atoms with Crippen LogP contribution in [0.15, 0.2) is 27.9 Å². The Morgan fingerprint density at radius 2 is 2.22 bits per heavy atom. The smallest absolute Gasteiger partial charge is 0.423 e. The van der Waals surface area contributed by atoms with E-state index in [9.17, 15) is 4.39 Å². The molecule has 94 valence electrons. The molecular weight excluding hydrogens is 272 g/mol. The van der Waals surface area contributed by atoms with Gasteiger partial charge < -0.3 is 10.0 Å². The molecule has 0 aliphatic carbocycles. The van der Waals surface area contributed by atoms with E-state index in [2.05, 4.69) is 4.98 Å². The van der Waals surface area contributed by atoms with Crippen LogP contribution in [0.3, 0.4) is 0 Å². The van der Waals surface area contributed by atoms with Crippen LogP contribution in [0.1, 0.15) is 11.3 Å². The lowest BCUT2D eigenvalue weighted by molar-refractivity contribution is 0.423. The largest absolute Gasteiger partial charge is 0.491 e. The summed E-state index contributed by atoms with van der Waals surface area (Å²) in [6.45, 7) is 1.93. The topological polar surface area (TPSA) is 53.4 Å². The van der Waals surface area contributed by atoms with E-state index in [1.54, 1.807) is 29.2 Å². The monoisotopic (exact) mass is 283 g/mol. The quantitative estimate of drug-likeness (QED) is 0.660. The van der Waals surface area contributed by atoms with Gasteiger partial charge in [-0.2, -0.15) is 0 Å². The van der Waals surface area contributed by atoms with E-state index in [-0.39, 0.29) is 5.46 Å². The standard InChI is InChI=1S/C11H11BFNO2S2/c1-7-5-17-11(14-7)18-6-8-2-3-10(13)9(4-8)12(15)16/h2-5,15-16H,6H2,1H3. The Kier molecular flexibility index (Phi) is 4.39. The highest BCUT2D eigenvalue weighted by Gasteiger charge is 2.16. The van der Waals surface area contributed by atoms with Gasteiger partial charge in [0.1, 0.15) is 10.2 Å². The van der Waals surface area contributed by atoms with E-state index >= 15 is 0 Å². The number of thioether (sulfide) groups is 1. The number of aryl methyl sites for hydroxylation is 1. The van der Waals surface area contributed by atoms with Crippen molar-refractivity contribution in [2.24, 2.45) is 0 Å². The molecule has 0 atom stereocenters. The van der Waals surface area contributed by atoms with Gasteiger partial charge in [0.05, 0.1) is 0 Å². The van der Waals surface area contributed by atoms with Gasteiger partial charge in [0.15, 0.2) is 0 Å². The molecule has 1 aromatic carbocycles. The second-order valence-corrected chi connectivity index (χ2v) is 5.85. The molecule has 0 fully saturated rings. The first-order valence-electron chi connectivity index (χ1n) is 5.25. The number of thiazole rings is 1. The predicted octanol–water partition coefficient (Wildman–Crippen LogP) is 1.56. The van der Waals surface area contributed by atoms with E-state index < -0.39 is 12.9 Å². The Morgan fingerprint density at radius 3 is 2.83 bits per heavy atom. The van der Waals surface area contributed by atoms with Crippen molar-refractivity contribution in [1.29, 1.82) is 0 Å². The molecule has 2 rings (SSSR count). The summed E-state index contributed by atoms with van der Waals surface area (Å²) < 4.78 is 14.2. The second-order valence-electron chi connectivity index (χ2n) is 3.77. The van der Waals surface area contributed by atoms with Crippen LogP contribution >= 0.6 is 23.1 Å². The SMILES string of the molecule is Cc1csc(SCc2ccc(F)c(B(O)O)c2)n1. The van der Waals surface area contributed by atoms with Crippen molar-refractivity contribution in [2.45, 2.75) is 17.0 Å². The second kappa shape index (κ2) is 5.84. The molecule has 3 nitrogen and oxygen atoms in total. The molecule has 2 N–H and O–H groups in total. The Hall–Kier alpha value is -0.885. The molecule has 0 amide bonds. The molecule has 7 heteroatoms. The van der Waals surface area contributed by atoms with Crippen molar-refractivity contribution < 1.29 is 14.4 Å². The zero-order valence-corrected chi connectivity index (χ0v) is 11.3. The molecule has 1 heterocycles. The fourth-order valence-corrected chi connectivity index (χ4v) is 3.22. The summed E-state index contributed by atoms with van der Waals surface area (Å²) >= 11 is 3.10. The number of nitrogens with zero attached hydrogens (tertiary/aromatic N) is 1. The van der Waals surface area contributed by atoms with Gasteiger partial charge in [0.25, 0.3) is 0 Å². The minimum Gasteiger partial charge on any atom is -0.423 e. The maximum Gasteiger partial charge on any atom is 0.491 e. The third kappa shape index (κ3) is 3.32. The first-order valence-corrected chi connectivity index (χ1v) is 7.12. The van der Waals surface area contributed by atoms with Crippen LogP contribution in [0.4, 0.5) is 4.39 Å². The van der Waals surface area contributed by atoms with E-state index in [4.69, 9.17) is 10.0 Å². The van der Waals surface area contributed by atoms with Crippen LogP contribution in [0.25, 0.3) is 0 Å². The molecule has 0 aliphatic rings. The van der Waals surface area contributed by atoms with Gasteiger partial charge in [0, 0.05) is 22.3 Å². The molecule has 0 aliphatic heterocycles. The Morgan fingerprint density at radius 1 is 1.44 bits per heavy atom. The minimum atomic E-state index is -1.78. The number of benzene rings is 1. The van der Waals surface area contributed by atoms with Crippen molar-refractivity contribution in [3.8, 4) is 0 Å². The maximum absolute atomic E-state index is 13.2.